The van der Waals surface area contributed by atoms with Gasteiger partial charge in [0.05, 0.1) is 0 Å². The smallest absolute Gasteiger partial charge is 0.0455 e. The summed E-state index contributed by atoms with van der Waals surface area (Å²) in [6, 6.07) is 17.7. The largest absolute Gasteiger partial charge is 0.317 e. The Labute approximate surface area is 171 Å². The van der Waals surface area contributed by atoms with Crippen molar-refractivity contribution in [2.75, 3.05) is 4.90 Å². The highest BCUT2D eigenvalue weighted by molar-refractivity contribution is 5.66. The zero-order valence-electron chi connectivity index (χ0n) is 17.9. The lowest BCUT2D eigenvalue weighted by molar-refractivity contribution is 0.445. The van der Waals surface area contributed by atoms with Crippen LogP contribution in [-0.4, -0.2) is 0 Å². The average molecular weight is 372 g/mol. The number of allylic oxidation sites excluding steroid dienone is 5. The summed E-state index contributed by atoms with van der Waals surface area (Å²) in [4.78, 5) is 2.25. The standard InChI is InChI=1S/C27H33N/c1-6-7-8-9-18-28(25-14-10-21(2)11-15-25)26-16-12-22(13-17-26)23-19-24(20-23)27(3,4)5/h7-19,23H,6,20H2,1-5H3/b8-7-,18-9?. The first-order valence-electron chi connectivity index (χ1n) is 10.4. The van der Waals surface area contributed by atoms with Gasteiger partial charge >= 0.3 is 0 Å². The molecule has 1 nitrogen and oxygen atoms in total. The van der Waals surface area contributed by atoms with Gasteiger partial charge in [-0.2, -0.15) is 0 Å². The molecular formula is C27H33N. The van der Waals surface area contributed by atoms with Crippen molar-refractivity contribution in [3.8, 4) is 0 Å². The Kier molecular flexibility index (Phi) is 6.24. The second kappa shape index (κ2) is 8.65. The van der Waals surface area contributed by atoms with Gasteiger partial charge in [0.2, 0.25) is 0 Å². The number of hydrogen-bond donors (Lipinski definition) is 0. The second-order valence-electron chi connectivity index (χ2n) is 8.73. The van der Waals surface area contributed by atoms with Gasteiger partial charge in [-0.15, -0.1) is 0 Å². The first-order chi connectivity index (χ1) is 13.4. The molecule has 0 bridgehead atoms. The Bertz CT molecular complexity index is 858. The molecule has 0 N–H and O–H groups in total. The molecule has 2 aromatic carbocycles. The lowest BCUT2D eigenvalue weighted by Gasteiger charge is -2.35. The quantitative estimate of drug-likeness (QED) is 0.366. The van der Waals surface area contributed by atoms with Crippen LogP contribution in [0.15, 0.2) is 84.6 Å². The summed E-state index contributed by atoms with van der Waals surface area (Å²) in [7, 11) is 0. The molecule has 0 saturated carbocycles. The van der Waals surface area contributed by atoms with Crippen LogP contribution < -0.4 is 4.90 Å². The van der Waals surface area contributed by atoms with Crippen LogP contribution in [0, 0.1) is 12.3 Å². The minimum Gasteiger partial charge on any atom is -0.317 e. The lowest BCUT2D eigenvalue weighted by Crippen LogP contribution is -2.20. The van der Waals surface area contributed by atoms with Crippen molar-refractivity contribution >= 4 is 11.4 Å². The Morgan fingerprint density at radius 3 is 2.04 bits per heavy atom. The molecular weight excluding hydrogens is 338 g/mol. The lowest BCUT2D eigenvalue weighted by atomic mass is 9.70. The van der Waals surface area contributed by atoms with Crippen LogP contribution >= 0.6 is 0 Å². The summed E-state index contributed by atoms with van der Waals surface area (Å²) in [5.74, 6) is 0.569. The van der Waals surface area contributed by atoms with Crippen molar-refractivity contribution in [2.45, 2.75) is 53.4 Å². The number of rotatable bonds is 6. The molecule has 1 unspecified atom stereocenters. The molecule has 2 aromatic rings. The zero-order chi connectivity index (χ0) is 20.1. The van der Waals surface area contributed by atoms with Crippen molar-refractivity contribution < 1.29 is 0 Å². The van der Waals surface area contributed by atoms with E-state index in [-0.39, 0.29) is 0 Å². The van der Waals surface area contributed by atoms with Crippen LogP contribution in [0.25, 0.3) is 0 Å². The van der Waals surface area contributed by atoms with Gasteiger partial charge in [0.25, 0.3) is 0 Å². The van der Waals surface area contributed by atoms with Crippen LogP contribution in [0.4, 0.5) is 11.4 Å². The van der Waals surface area contributed by atoms with Crippen LogP contribution in [-0.2, 0) is 0 Å². The van der Waals surface area contributed by atoms with Crippen LogP contribution in [0.5, 0.6) is 0 Å². The second-order valence-corrected chi connectivity index (χ2v) is 8.73. The fraction of sp³-hybridized carbons (Fsp3) is 0.333. The van der Waals surface area contributed by atoms with E-state index in [1.807, 2.05) is 0 Å². The molecule has 0 fully saturated rings. The summed E-state index contributed by atoms with van der Waals surface area (Å²) in [5, 5.41) is 0. The molecule has 0 radical (unpaired) electrons. The Morgan fingerprint density at radius 2 is 1.50 bits per heavy atom. The molecule has 0 heterocycles. The SMILES string of the molecule is CC/C=C\C=CN(c1ccc(C)cc1)c1ccc(C2C=C(C(C)(C)C)C2)cc1. The third-order valence-corrected chi connectivity index (χ3v) is 5.44. The Hall–Kier alpha value is -2.54. The molecule has 3 rings (SSSR count). The van der Waals surface area contributed by atoms with E-state index in [1.165, 1.54) is 28.9 Å². The molecule has 0 amide bonds. The van der Waals surface area contributed by atoms with Gasteiger partial charge in [-0.3, -0.25) is 0 Å². The van der Waals surface area contributed by atoms with Crippen molar-refractivity contribution in [3.05, 3.63) is 95.7 Å². The molecule has 1 aliphatic carbocycles. The maximum Gasteiger partial charge on any atom is 0.0455 e. The van der Waals surface area contributed by atoms with E-state index in [9.17, 15) is 0 Å². The molecule has 0 spiro atoms. The van der Waals surface area contributed by atoms with Gasteiger partial charge in [0, 0.05) is 23.5 Å². The first-order valence-corrected chi connectivity index (χ1v) is 10.4. The molecule has 0 aliphatic heterocycles. The first kappa shape index (κ1) is 20.2. The highest BCUT2D eigenvalue weighted by atomic mass is 15.1. The number of aryl methyl sites for hydroxylation is 1. The van der Waals surface area contributed by atoms with E-state index >= 15 is 0 Å². The average Bonchev–Trinajstić information content (AvgIpc) is 2.61. The van der Waals surface area contributed by atoms with Crippen LogP contribution in [0.1, 0.15) is 57.6 Å². The van der Waals surface area contributed by atoms with Crippen molar-refractivity contribution in [1.82, 2.24) is 0 Å². The minimum atomic E-state index is 0.301. The summed E-state index contributed by atoms with van der Waals surface area (Å²) >= 11 is 0. The highest BCUT2D eigenvalue weighted by Gasteiger charge is 2.28. The summed E-state index contributed by atoms with van der Waals surface area (Å²) in [6.07, 6.45) is 13.2. The Morgan fingerprint density at radius 1 is 0.929 bits per heavy atom. The van der Waals surface area contributed by atoms with E-state index < -0.39 is 0 Å². The summed E-state index contributed by atoms with van der Waals surface area (Å²) < 4.78 is 0. The molecule has 0 saturated heterocycles. The summed E-state index contributed by atoms with van der Waals surface area (Å²) in [6.45, 7) is 11.2. The van der Waals surface area contributed by atoms with Crippen molar-refractivity contribution in [2.24, 2.45) is 5.41 Å². The van der Waals surface area contributed by atoms with Crippen molar-refractivity contribution in [1.29, 1.82) is 0 Å². The van der Waals surface area contributed by atoms with Gasteiger partial charge in [-0.25, -0.2) is 0 Å². The third-order valence-electron chi connectivity index (χ3n) is 5.44. The topological polar surface area (TPSA) is 3.24 Å². The number of hydrogen-bond acceptors (Lipinski definition) is 1. The van der Waals surface area contributed by atoms with Crippen molar-refractivity contribution in [3.63, 3.8) is 0 Å². The molecule has 28 heavy (non-hydrogen) atoms. The predicted octanol–water partition coefficient (Wildman–Crippen LogP) is 8.07. The van der Waals surface area contributed by atoms with Gasteiger partial charge in [-0.1, -0.05) is 81.3 Å². The molecule has 1 aliphatic rings. The third kappa shape index (κ3) is 4.84. The van der Waals surface area contributed by atoms with E-state index in [1.54, 1.807) is 5.57 Å². The molecule has 1 heteroatoms. The maximum absolute atomic E-state index is 2.45. The zero-order valence-corrected chi connectivity index (χ0v) is 17.9. The number of nitrogens with zero attached hydrogens (tertiary/aromatic N) is 1. The maximum atomic E-state index is 2.45. The van der Waals surface area contributed by atoms with Gasteiger partial charge in [-0.05, 0) is 61.1 Å². The molecule has 0 aromatic heterocycles. The normalized spacial score (nSPS) is 17.0. The fourth-order valence-electron chi connectivity index (χ4n) is 3.48. The van der Waals surface area contributed by atoms with Crippen LogP contribution in [0.3, 0.4) is 0 Å². The molecule has 1 atom stereocenters. The van der Waals surface area contributed by atoms with Crippen LogP contribution in [0.2, 0.25) is 0 Å². The predicted molar refractivity (Wildman–Crippen MR) is 123 cm³/mol. The van der Waals surface area contributed by atoms with Gasteiger partial charge in [0.15, 0.2) is 0 Å². The van der Waals surface area contributed by atoms with E-state index in [0.717, 1.165) is 6.42 Å². The number of anilines is 2. The summed E-state index contributed by atoms with van der Waals surface area (Å²) in [5.41, 5.74) is 6.94. The van der Waals surface area contributed by atoms with E-state index in [0.29, 0.717) is 11.3 Å². The highest BCUT2D eigenvalue weighted by Crippen LogP contribution is 2.44. The Balaban J connectivity index is 1.82. The monoisotopic (exact) mass is 371 g/mol. The molecule has 146 valence electrons. The minimum absolute atomic E-state index is 0.301. The van der Waals surface area contributed by atoms with E-state index in [2.05, 4.69) is 119 Å². The number of benzene rings is 2. The van der Waals surface area contributed by atoms with Gasteiger partial charge in [0.1, 0.15) is 0 Å². The fourth-order valence-corrected chi connectivity index (χ4v) is 3.48. The van der Waals surface area contributed by atoms with Gasteiger partial charge < -0.3 is 4.90 Å². The van der Waals surface area contributed by atoms with E-state index in [4.69, 9.17) is 0 Å².